The van der Waals surface area contributed by atoms with Crippen LogP contribution in [0.5, 0.6) is 5.75 Å². The van der Waals surface area contributed by atoms with E-state index in [1.165, 1.54) is 0 Å². The molecule has 3 heteroatoms. The van der Waals surface area contributed by atoms with Gasteiger partial charge < -0.3 is 10.1 Å². The van der Waals surface area contributed by atoms with Crippen LogP contribution in [0.2, 0.25) is 0 Å². The Labute approximate surface area is 109 Å². The Morgan fingerprint density at radius 1 is 1.17 bits per heavy atom. The molecule has 98 valence electrons. The van der Waals surface area contributed by atoms with Crippen LogP contribution in [-0.2, 0) is 0 Å². The van der Waals surface area contributed by atoms with Gasteiger partial charge in [-0.25, -0.2) is 0 Å². The highest BCUT2D eigenvalue weighted by molar-refractivity contribution is 5.98. The summed E-state index contributed by atoms with van der Waals surface area (Å²) in [6, 6.07) is 8.03. The van der Waals surface area contributed by atoms with Crippen molar-refractivity contribution in [3.05, 3.63) is 29.8 Å². The van der Waals surface area contributed by atoms with Gasteiger partial charge in [0.05, 0.1) is 7.11 Å². The standard InChI is InChI=1S/C15H21NO2/c1-16-13-7-3-11(4-8-13)15(17)12-5-9-14(18-2)10-6-12/h5-6,9-11,13,16H,3-4,7-8H2,1-2H3. The number of ether oxygens (including phenoxy) is 1. The largest absolute Gasteiger partial charge is 0.497 e. The summed E-state index contributed by atoms with van der Waals surface area (Å²) in [7, 11) is 3.63. The summed E-state index contributed by atoms with van der Waals surface area (Å²) in [5.74, 6) is 1.28. The van der Waals surface area contributed by atoms with Crippen molar-refractivity contribution in [2.24, 2.45) is 5.92 Å². The van der Waals surface area contributed by atoms with Crippen LogP contribution in [0.15, 0.2) is 24.3 Å². The SMILES string of the molecule is CNC1CCC(C(=O)c2ccc(OC)cc2)CC1. The van der Waals surface area contributed by atoms with Crippen LogP contribution in [0.3, 0.4) is 0 Å². The number of Topliss-reactive ketones (excluding diaryl/α,β-unsaturated/α-hetero) is 1. The molecular weight excluding hydrogens is 226 g/mol. The Hall–Kier alpha value is -1.35. The lowest BCUT2D eigenvalue weighted by Crippen LogP contribution is -2.32. The predicted molar refractivity (Wildman–Crippen MR) is 72.1 cm³/mol. The minimum atomic E-state index is 0.197. The molecule has 18 heavy (non-hydrogen) atoms. The molecule has 1 aromatic rings. The number of hydrogen-bond acceptors (Lipinski definition) is 3. The molecule has 2 rings (SSSR count). The van der Waals surface area contributed by atoms with Gasteiger partial charge in [0.2, 0.25) is 0 Å². The molecule has 0 spiro atoms. The Balaban J connectivity index is 1.98. The van der Waals surface area contributed by atoms with Gasteiger partial charge in [-0.15, -0.1) is 0 Å². The fourth-order valence-electron chi connectivity index (χ4n) is 2.64. The summed E-state index contributed by atoms with van der Waals surface area (Å²) in [5, 5.41) is 3.29. The second-order valence-corrected chi connectivity index (χ2v) is 4.93. The molecule has 0 amide bonds. The Morgan fingerprint density at radius 3 is 2.28 bits per heavy atom. The average Bonchev–Trinajstić information content (AvgIpc) is 2.47. The first kappa shape index (κ1) is 13.1. The lowest BCUT2D eigenvalue weighted by atomic mass is 9.81. The molecule has 1 saturated carbocycles. The van der Waals surface area contributed by atoms with Crippen LogP contribution in [0.1, 0.15) is 36.0 Å². The van der Waals surface area contributed by atoms with Crippen molar-refractivity contribution < 1.29 is 9.53 Å². The van der Waals surface area contributed by atoms with Gasteiger partial charge >= 0.3 is 0 Å². The number of nitrogens with one attached hydrogen (secondary N) is 1. The van der Waals surface area contributed by atoms with Gasteiger partial charge in [0, 0.05) is 17.5 Å². The highest BCUT2D eigenvalue weighted by Crippen LogP contribution is 2.27. The summed E-state index contributed by atoms with van der Waals surface area (Å²) < 4.78 is 5.10. The van der Waals surface area contributed by atoms with E-state index in [1.807, 2.05) is 31.3 Å². The molecule has 1 N–H and O–H groups in total. The number of ketones is 1. The summed E-state index contributed by atoms with van der Waals surface area (Å²) in [6.45, 7) is 0. The Bertz CT molecular complexity index is 391. The normalized spacial score (nSPS) is 23.7. The van der Waals surface area contributed by atoms with E-state index in [-0.39, 0.29) is 11.7 Å². The second kappa shape index (κ2) is 6.01. The fourth-order valence-corrected chi connectivity index (χ4v) is 2.64. The smallest absolute Gasteiger partial charge is 0.165 e. The van der Waals surface area contributed by atoms with Crippen LogP contribution in [0.25, 0.3) is 0 Å². The molecular formula is C15H21NO2. The fraction of sp³-hybridized carbons (Fsp3) is 0.533. The van der Waals surface area contributed by atoms with E-state index < -0.39 is 0 Å². The van der Waals surface area contributed by atoms with E-state index >= 15 is 0 Å². The third-order valence-corrected chi connectivity index (χ3v) is 3.88. The van der Waals surface area contributed by atoms with E-state index in [4.69, 9.17) is 4.74 Å². The van der Waals surface area contributed by atoms with E-state index in [0.29, 0.717) is 6.04 Å². The van der Waals surface area contributed by atoms with E-state index in [1.54, 1.807) is 7.11 Å². The number of carbonyl (C=O) groups excluding carboxylic acids is 1. The third kappa shape index (κ3) is 2.91. The van der Waals surface area contributed by atoms with Gasteiger partial charge in [0.1, 0.15) is 5.75 Å². The molecule has 0 saturated heterocycles. The number of benzene rings is 1. The van der Waals surface area contributed by atoms with E-state index in [0.717, 1.165) is 37.0 Å². The van der Waals surface area contributed by atoms with Gasteiger partial charge in [-0.1, -0.05) is 0 Å². The topological polar surface area (TPSA) is 38.3 Å². The lowest BCUT2D eigenvalue weighted by Gasteiger charge is -2.27. The van der Waals surface area contributed by atoms with Crippen molar-refractivity contribution in [2.45, 2.75) is 31.7 Å². The number of rotatable bonds is 4. The quantitative estimate of drug-likeness (QED) is 0.831. The molecule has 0 aliphatic heterocycles. The van der Waals surface area contributed by atoms with Crippen molar-refractivity contribution in [1.82, 2.24) is 5.32 Å². The lowest BCUT2D eigenvalue weighted by molar-refractivity contribution is 0.0881. The van der Waals surface area contributed by atoms with Crippen LogP contribution in [-0.4, -0.2) is 26.0 Å². The molecule has 0 aromatic heterocycles. The van der Waals surface area contributed by atoms with Crippen LogP contribution >= 0.6 is 0 Å². The Kier molecular flexibility index (Phi) is 4.37. The highest BCUT2D eigenvalue weighted by atomic mass is 16.5. The maximum Gasteiger partial charge on any atom is 0.165 e. The summed E-state index contributed by atoms with van der Waals surface area (Å²) >= 11 is 0. The van der Waals surface area contributed by atoms with Gasteiger partial charge in [0.15, 0.2) is 5.78 Å². The molecule has 1 aliphatic carbocycles. The van der Waals surface area contributed by atoms with Crippen molar-refractivity contribution >= 4 is 5.78 Å². The number of methoxy groups -OCH3 is 1. The zero-order chi connectivity index (χ0) is 13.0. The summed E-state index contributed by atoms with van der Waals surface area (Å²) in [5.41, 5.74) is 0.809. The first-order chi connectivity index (χ1) is 8.74. The molecule has 0 atom stereocenters. The number of hydrogen-bond donors (Lipinski definition) is 1. The van der Waals surface area contributed by atoms with Crippen molar-refractivity contribution in [3.8, 4) is 5.75 Å². The van der Waals surface area contributed by atoms with E-state index in [9.17, 15) is 4.79 Å². The van der Waals surface area contributed by atoms with Crippen LogP contribution < -0.4 is 10.1 Å². The molecule has 0 unspecified atom stereocenters. The molecule has 0 heterocycles. The van der Waals surface area contributed by atoms with Gasteiger partial charge in [-0.3, -0.25) is 4.79 Å². The van der Waals surface area contributed by atoms with Gasteiger partial charge in [-0.2, -0.15) is 0 Å². The van der Waals surface area contributed by atoms with Crippen LogP contribution in [0, 0.1) is 5.92 Å². The maximum absolute atomic E-state index is 12.3. The molecule has 0 radical (unpaired) electrons. The zero-order valence-corrected chi connectivity index (χ0v) is 11.1. The second-order valence-electron chi connectivity index (χ2n) is 4.93. The minimum absolute atomic E-state index is 0.197. The first-order valence-corrected chi connectivity index (χ1v) is 6.60. The van der Waals surface area contributed by atoms with Crippen molar-refractivity contribution in [1.29, 1.82) is 0 Å². The van der Waals surface area contributed by atoms with Gasteiger partial charge in [-0.05, 0) is 57.0 Å². The molecule has 1 aromatic carbocycles. The highest BCUT2D eigenvalue weighted by Gasteiger charge is 2.26. The molecule has 3 nitrogen and oxygen atoms in total. The predicted octanol–water partition coefficient (Wildman–Crippen LogP) is 2.66. The van der Waals surface area contributed by atoms with E-state index in [2.05, 4.69) is 5.32 Å². The van der Waals surface area contributed by atoms with Gasteiger partial charge in [0.25, 0.3) is 0 Å². The number of carbonyl (C=O) groups is 1. The summed E-state index contributed by atoms with van der Waals surface area (Å²) in [4.78, 5) is 12.3. The average molecular weight is 247 g/mol. The monoisotopic (exact) mass is 247 g/mol. The maximum atomic E-state index is 12.3. The molecule has 1 aliphatic rings. The first-order valence-electron chi connectivity index (χ1n) is 6.60. The molecule has 0 bridgehead atoms. The van der Waals surface area contributed by atoms with Crippen molar-refractivity contribution in [2.75, 3.05) is 14.2 Å². The summed E-state index contributed by atoms with van der Waals surface area (Å²) in [6.07, 6.45) is 4.19. The Morgan fingerprint density at radius 2 is 1.78 bits per heavy atom. The molecule has 1 fully saturated rings. The van der Waals surface area contributed by atoms with Crippen LogP contribution in [0.4, 0.5) is 0 Å². The minimum Gasteiger partial charge on any atom is -0.497 e. The third-order valence-electron chi connectivity index (χ3n) is 3.88. The zero-order valence-electron chi connectivity index (χ0n) is 11.1. The van der Waals surface area contributed by atoms with Crippen molar-refractivity contribution in [3.63, 3.8) is 0 Å².